The molecule has 1 saturated carbocycles. The lowest BCUT2D eigenvalue weighted by atomic mass is 9.88. The first-order valence-electron chi connectivity index (χ1n) is 6.94. The summed E-state index contributed by atoms with van der Waals surface area (Å²) in [6.07, 6.45) is 3.72. The van der Waals surface area contributed by atoms with E-state index in [2.05, 4.69) is 4.90 Å². The minimum absolute atomic E-state index is 0.139. The second-order valence-corrected chi connectivity index (χ2v) is 5.91. The van der Waals surface area contributed by atoms with Gasteiger partial charge in [-0.3, -0.25) is 0 Å². The summed E-state index contributed by atoms with van der Waals surface area (Å²) in [7, 11) is 0. The number of benzene rings is 1. The molecule has 3 rings (SSSR count). The van der Waals surface area contributed by atoms with Gasteiger partial charge in [-0.25, -0.2) is 4.39 Å². The van der Waals surface area contributed by atoms with Crippen LogP contribution in [0.2, 0.25) is 0 Å². The Balaban J connectivity index is 1.70. The Hall–Kier alpha value is -0.930. The van der Waals surface area contributed by atoms with Crippen LogP contribution in [0.4, 0.5) is 4.39 Å². The van der Waals surface area contributed by atoms with Crippen LogP contribution < -0.4 is 5.73 Å². The Morgan fingerprint density at radius 3 is 2.83 bits per heavy atom. The zero-order valence-electron chi connectivity index (χ0n) is 10.7. The van der Waals surface area contributed by atoms with Crippen molar-refractivity contribution in [2.75, 3.05) is 19.6 Å². The number of likely N-dealkylation sites (tertiary alicyclic amines) is 1. The van der Waals surface area contributed by atoms with Crippen molar-refractivity contribution in [3.8, 4) is 0 Å². The van der Waals surface area contributed by atoms with Crippen molar-refractivity contribution >= 4 is 0 Å². The van der Waals surface area contributed by atoms with E-state index in [-0.39, 0.29) is 11.9 Å². The average molecular weight is 248 g/mol. The molecule has 3 heteroatoms. The van der Waals surface area contributed by atoms with Crippen molar-refractivity contribution in [1.82, 2.24) is 4.90 Å². The predicted octanol–water partition coefficient (Wildman–Crippen LogP) is 2.35. The molecule has 1 aliphatic carbocycles. The summed E-state index contributed by atoms with van der Waals surface area (Å²) in [6.45, 7) is 3.22. The molecule has 2 N–H and O–H groups in total. The quantitative estimate of drug-likeness (QED) is 0.889. The first-order chi connectivity index (χ1) is 8.70. The third-order valence-electron chi connectivity index (χ3n) is 4.09. The lowest BCUT2D eigenvalue weighted by molar-refractivity contribution is 0.182. The van der Waals surface area contributed by atoms with Crippen LogP contribution in [0.1, 0.15) is 30.7 Å². The molecule has 2 aliphatic rings. The number of nitrogens with two attached hydrogens (primary N) is 1. The molecule has 0 radical (unpaired) electrons. The standard InChI is InChI=1S/C15H21FN2/c16-14-3-1-2-12(6-14)13-7-15(17)10-18(9-13)8-11-4-5-11/h1-3,6,11,13,15H,4-5,7-10,17H2. The van der Waals surface area contributed by atoms with Gasteiger partial charge in [-0.1, -0.05) is 12.1 Å². The maximum atomic E-state index is 13.3. The summed E-state index contributed by atoms with van der Waals surface area (Å²) in [5.74, 6) is 1.15. The lowest BCUT2D eigenvalue weighted by Crippen LogP contribution is -2.46. The largest absolute Gasteiger partial charge is 0.327 e. The Morgan fingerprint density at radius 2 is 2.11 bits per heavy atom. The number of hydrogen-bond donors (Lipinski definition) is 1. The second kappa shape index (κ2) is 4.98. The smallest absolute Gasteiger partial charge is 0.123 e. The number of nitrogens with zero attached hydrogens (tertiary/aromatic N) is 1. The molecule has 2 atom stereocenters. The first kappa shape index (κ1) is 12.1. The molecule has 2 fully saturated rings. The fourth-order valence-electron chi connectivity index (χ4n) is 3.05. The minimum Gasteiger partial charge on any atom is -0.327 e. The van der Waals surface area contributed by atoms with Crippen LogP contribution in [0.3, 0.4) is 0 Å². The van der Waals surface area contributed by atoms with Crippen LogP contribution in [0, 0.1) is 11.7 Å². The summed E-state index contributed by atoms with van der Waals surface area (Å²) < 4.78 is 13.3. The van der Waals surface area contributed by atoms with Gasteiger partial charge in [0.1, 0.15) is 5.82 Å². The molecule has 98 valence electrons. The van der Waals surface area contributed by atoms with Gasteiger partial charge in [0.05, 0.1) is 0 Å². The van der Waals surface area contributed by atoms with Crippen molar-refractivity contribution in [3.63, 3.8) is 0 Å². The summed E-state index contributed by atoms with van der Waals surface area (Å²) in [4.78, 5) is 2.47. The molecule has 2 unspecified atom stereocenters. The third kappa shape index (κ3) is 2.90. The van der Waals surface area contributed by atoms with Crippen LogP contribution in [-0.4, -0.2) is 30.6 Å². The molecule has 0 bridgehead atoms. The molecule has 0 spiro atoms. The summed E-state index contributed by atoms with van der Waals surface area (Å²) in [6, 6.07) is 7.23. The highest BCUT2D eigenvalue weighted by atomic mass is 19.1. The predicted molar refractivity (Wildman–Crippen MR) is 70.9 cm³/mol. The van der Waals surface area contributed by atoms with Crippen LogP contribution in [-0.2, 0) is 0 Å². The van der Waals surface area contributed by atoms with Gasteiger partial charge in [0.15, 0.2) is 0 Å². The zero-order valence-corrected chi connectivity index (χ0v) is 10.7. The van der Waals surface area contributed by atoms with E-state index in [1.54, 1.807) is 12.1 Å². The van der Waals surface area contributed by atoms with Gasteiger partial charge in [-0.15, -0.1) is 0 Å². The lowest BCUT2D eigenvalue weighted by Gasteiger charge is -2.36. The van der Waals surface area contributed by atoms with E-state index in [1.807, 2.05) is 6.07 Å². The fraction of sp³-hybridized carbons (Fsp3) is 0.600. The molecular weight excluding hydrogens is 227 g/mol. The molecule has 0 aromatic heterocycles. The van der Waals surface area contributed by atoms with Gasteiger partial charge in [-0.2, -0.15) is 0 Å². The fourth-order valence-corrected chi connectivity index (χ4v) is 3.05. The zero-order chi connectivity index (χ0) is 12.5. The van der Waals surface area contributed by atoms with Crippen molar-refractivity contribution in [1.29, 1.82) is 0 Å². The van der Waals surface area contributed by atoms with E-state index < -0.39 is 0 Å². The number of piperidine rings is 1. The molecule has 18 heavy (non-hydrogen) atoms. The molecule has 1 aliphatic heterocycles. The summed E-state index contributed by atoms with van der Waals surface area (Å²) >= 11 is 0. The van der Waals surface area contributed by atoms with Gasteiger partial charge in [0.2, 0.25) is 0 Å². The number of halogens is 1. The van der Waals surface area contributed by atoms with Crippen molar-refractivity contribution in [3.05, 3.63) is 35.6 Å². The monoisotopic (exact) mass is 248 g/mol. The molecule has 1 heterocycles. The molecule has 1 aromatic carbocycles. The normalized spacial score (nSPS) is 29.4. The Kier molecular flexibility index (Phi) is 3.35. The van der Waals surface area contributed by atoms with E-state index in [4.69, 9.17) is 5.73 Å². The van der Waals surface area contributed by atoms with Gasteiger partial charge in [-0.05, 0) is 48.8 Å². The van der Waals surface area contributed by atoms with Crippen LogP contribution >= 0.6 is 0 Å². The maximum Gasteiger partial charge on any atom is 0.123 e. The van der Waals surface area contributed by atoms with Crippen molar-refractivity contribution < 1.29 is 4.39 Å². The van der Waals surface area contributed by atoms with Crippen molar-refractivity contribution in [2.45, 2.75) is 31.2 Å². The van der Waals surface area contributed by atoms with Gasteiger partial charge >= 0.3 is 0 Å². The van der Waals surface area contributed by atoms with E-state index in [0.717, 1.165) is 31.0 Å². The van der Waals surface area contributed by atoms with Crippen LogP contribution in [0.15, 0.2) is 24.3 Å². The van der Waals surface area contributed by atoms with Crippen LogP contribution in [0.5, 0.6) is 0 Å². The SMILES string of the molecule is NC1CC(c2cccc(F)c2)CN(CC2CC2)C1. The van der Waals surface area contributed by atoms with E-state index in [1.165, 1.54) is 25.5 Å². The maximum absolute atomic E-state index is 13.3. The number of rotatable bonds is 3. The molecule has 0 amide bonds. The molecule has 1 saturated heterocycles. The molecule has 1 aromatic rings. The highest BCUT2D eigenvalue weighted by Crippen LogP contribution is 2.33. The van der Waals surface area contributed by atoms with Gasteiger partial charge in [0.25, 0.3) is 0 Å². The Morgan fingerprint density at radius 1 is 1.28 bits per heavy atom. The second-order valence-electron chi connectivity index (χ2n) is 5.91. The van der Waals surface area contributed by atoms with Crippen LogP contribution in [0.25, 0.3) is 0 Å². The first-order valence-corrected chi connectivity index (χ1v) is 6.94. The van der Waals surface area contributed by atoms with E-state index in [9.17, 15) is 4.39 Å². The van der Waals surface area contributed by atoms with E-state index in [0.29, 0.717) is 5.92 Å². The van der Waals surface area contributed by atoms with Gasteiger partial charge in [0, 0.05) is 25.7 Å². The third-order valence-corrected chi connectivity index (χ3v) is 4.09. The summed E-state index contributed by atoms with van der Waals surface area (Å²) in [5.41, 5.74) is 7.25. The highest BCUT2D eigenvalue weighted by molar-refractivity contribution is 5.22. The topological polar surface area (TPSA) is 29.3 Å². The Bertz CT molecular complexity index is 415. The highest BCUT2D eigenvalue weighted by Gasteiger charge is 2.30. The molecular formula is C15H21FN2. The van der Waals surface area contributed by atoms with Gasteiger partial charge < -0.3 is 10.6 Å². The minimum atomic E-state index is -0.139. The average Bonchev–Trinajstić information content (AvgIpc) is 3.12. The van der Waals surface area contributed by atoms with Crippen molar-refractivity contribution in [2.24, 2.45) is 11.7 Å². The Labute approximate surface area is 108 Å². The molecule has 2 nitrogen and oxygen atoms in total. The van der Waals surface area contributed by atoms with E-state index >= 15 is 0 Å². The summed E-state index contributed by atoms with van der Waals surface area (Å²) in [5, 5.41) is 0. The number of hydrogen-bond acceptors (Lipinski definition) is 2.